The Kier molecular flexibility index (Phi) is 5.81. The van der Waals surface area contributed by atoms with E-state index in [-0.39, 0.29) is 24.2 Å². The number of halogens is 2. The van der Waals surface area contributed by atoms with Crippen LogP contribution in [-0.2, 0) is 13.2 Å². The Balaban J connectivity index is 1.67. The summed E-state index contributed by atoms with van der Waals surface area (Å²) < 4.78 is 18.6. The molecule has 1 heterocycles. The number of pyridine rings is 1. The van der Waals surface area contributed by atoms with E-state index in [4.69, 9.17) is 16.3 Å². The van der Waals surface area contributed by atoms with E-state index >= 15 is 0 Å². The van der Waals surface area contributed by atoms with Gasteiger partial charge in [0.1, 0.15) is 18.0 Å². The lowest BCUT2D eigenvalue weighted by Gasteiger charge is -2.11. The molecule has 0 fully saturated rings. The molecule has 1 amide bonds. The SMILES string of the molecule is O=C(NCc1ccccc1Cl)c1cccnc1OCc1ccc(F)cc1. The third kappa shape index (κ3) is 4.58. The maximum Gasteiger partial charge on any atom is 0.257 e. The van der Waals surface area contributed by atoms with Gasteiger partial charge in [-0.1, -0.05) is 41.9 Å². The number of ether oxygens (including phenoxy) is 1. The van der Waals surface area contributed by atoms with Gasteiger partial charge in [-0.3, -0.25) is 4.79 Å². The molecule has 0 radical (unpaired) electrons. The van der Waals surface area contributed by atoms with Gasteiger partial charge in [-0.05, 0) is 41.5 Å². The van der Waals surface area contributed by atoms with Crippen molar-refractivity contribution < 1.29 is 13.9 Å². The van der Waals surface area contributed by atoms with E-state index in [1.165, 1.54) is 12.1 Å². The van der Waals surface area contributed by atoms with Crippen LogP contribution in [0.2, 0.25) is 5.02 Å². The first-order chi connectivity index (χ1) is 12.6. The van der Waals surface area contributed by atoms with Crippen molar-refractivity contribution in [2.24, 2.45) is 0 Å². The maximum atomic E-state index is 13.0. The first-order valence-electron chi connectivity index (χ1n) is 7.97. The third-order valence-corrected chi connectivity index (χ3v) is 4.07. The van der Waals surface area contributed by atoms with Gasteiger partial charge < -0.3 is 10.1 Å². The molecule has 0 unspecified atom stereocenters. The first kappa shape index (κ1) is 17.9. The summed E-state index contributed by atoms with van der Waals surface area (Å²) in [5.74, 6) is -0.410. The van der Waals surface area contributed by atoms with Crippen molar-refractivity contribution in [3.05, 3.63) is 94.4 Å². The van der Waals surface area contributed by atoms with Gasteiger partial charge in [-0.2, -0.15) is 0 Å². The summed E-state index contributed by atoms with van der Waals surface area (Å²) in [5.41, 5.74) is 1.92. The van der Waals surface area contributed by atoms with Crippen molar-refractivity contribution in [2.75, 3.05) is 0 Å². The van der Waals surface area contributed by atoms with Crippen LogP contribution >= 0.6 is 11.6 Å². The van der Waals surface area contributed by atoms with Crippen molar-refractivity contribution >= 4 is 17.5 Å². The standard InChI is InChI=1S/C20H16ClFN2O2/c21-18-6-2-1-4-15(18)12-24-19(25)17-5-3-11-23-20(17)26-13-14-7-9-16(22)10-8-14/h1-11H,12-13H2,(H,24,25). The van der Waals surface area contributed by atoms with Crippen molar-refractivity contribution in [1.29, 1.82) is 0 Å². The molecule has 1 N–H and O–H groups in total. The number of carbonyl (C=O) groups excluding carboxylic acids is 1. The highest BCUT2D eigenvalue weighted by Crippen LogP contribution is 2.18. The second kappa shape index (κ2) is 8.45. The highest BCUT2D eigenvalue weighted by Gasteiger charge is 2.14. The van der Waals surface area contributed by atoms with Gasteiger partial charge in [0.25, 0.3) is 5.91 Å². The van der Waals surface area contributed by atoms with Gasteiger partial charge in [0.05, 0.1) is 0 Å². The van der Waals surface area contributed by atoms with Crippen LogP contribution in [0.1, 0.15) is 21.5 Å². The predicted octanol–water partition coefficient (Wildman–Crippen LogP) is 4.38. The lowest BCUT2D eigenvalue weighted by atomic mass is 10.2. The molecule has 2 aromatic carbocycles. The minimum Gasteiger partial charge on any atom is -0.472 e. The van der Waals surface area contributed by atoms with Gasteiger partial charge in [0.15, 0.2) is 0 Å². The van der Waals surface area contributed by atoms with Crippen LogP contribution in [0.3, 0.4) is 0 Å². The lowest BCUT2D eigenvalue weighted by molar-refractivity contribution is 0.0945. The summed E-state index contributed by atoms with van der Waals surface area (Å²) in [5, 5.41) is 3.40. The molecule has 0 saturated carbocycles. The molecule has 26 heavy (non-hydrogen) atoms. The van der Waals surface area contributed by atoms with Gasteiger partial charge in [-0.15, -0.1) is 0 Å². The topological polar surface area (TPSA) is 51.2 Å². The van der Waals surface area contributed by atoms with Crippen LogP contribution in [0, 0.1) is 5.82 Å². The van der Waals surface area contributed by atoms with Crippen LogP contribution in [0.4, 0.5) is 4.39 Å². The Morgan fingerprint density at radius 2 is 1.85 bits per heavy atom. The third-order valence-electron chi connectivity index (χ3n) is 3.70. The molecule has 1 aromatic heterocycles. The van der Waals surface area contributed by atoms with Crippen LogP contribution in [-0.4, -0.2) is 10.9 Å². The highest BCUT2D eigenvalue weighted by molar-refractivity contribution is 6.31. The summed E-state index contributed by atoms with van der Waals surface area (Å²) in [4.78, 5) is 16.6. The Morgan fingerprint density at radius 1 is 1.08 bits per heavy atom. The van der Waals surface area contributed by atoms with Gasteiger partial charge in [0, 0.05) is 17.8 Å². The van der Waals surface area contributed by atoms with Crippen LogP contribution < -0.4 is 10.1 Å². The number of carbonyl (C=O) groups is 1. The number of hydrogen-bond acceptors (Lipinski definition) is 3. The van der Waals surface area contributed by atoms with Gasteiger partial charge in [-0.25, -0.2) is 9.37 Å². The molecule has 3 aromatic rings. The number of amides is 1. The Hall–Kier alpha value is -2.92. The summed E-state index contributed by atoms with van der Waals surface area (Å²) >= 11 is 6.10. The average molecular weight is 371 g/mol. The zero-order valence-corrected chi connectivity index (χ0v) is 14.5. The molecule has 0 aliphatic heterocycles. The lowest BCUT2D eigenvalue weighted by Crippen LogP contribution is -2.24. The number of hydrogen-bond donors (Lipinski definition) is 1. The quantitative estimate of drug-likeness (QED) is 0.700. The van der Waals surface area contributed by atoms with E-state index in [1.807, 2.05) is 18.2 Å². The van der Waals surface area contributed by atoms with Crippen LogP contribution in [0.15, 0.2) is 66.9 Å². The number of nitrogens with zero attached hydrogens (tertiary/aromatic N) is 1. The van der Waals surface area contributed by atoms with Crippen molar-refractivity contribution in [2.45, 2.75) is 13.2 Å². The fourth-order valence-corrected chi connectivity index (χ4v) is 2.53. The fraction of sp³-hybridized carbons (Fsp3) is 0.100. The van der Waals surface area contributed by atoms with Crippen LogP contribution in [0.25, 0.3) is 0 Å². The molecule has 0 aliphatic carbocycles. The summed E-state index contributed by atoms with van der Waals surface area (Å²) in [6, 6.07) is 16.5. The average Bonchev–Trinajstić information content (AvgIpc) is 2.67. The van der Waals surface area contributed by atoms with E-state index in [2.05, 4.69) is 10.3 Å². The number of nitrogens with one attached hydrogen (secondary N) is 1. The first-order valence-corrected chi connectivity index (χ1v) is 8.35. The van der Waals surface area contributed by atoms with E-state index < -0.39 is 0 Å². The molecule has 0 saturated heterocycles. The smallest absolute Gasteiger partial charge is 0.257 e. The molecule has 0 bridgehead atoms. The maximum absolute atomic E-state index is 13.0. The monoisotopic (exact) mass is 370 g/mol. The van der Waals surface area contributed by atoms with E-state index in [1.54, 1.807) is 36.5 Å². The van der Waals surface area contributed by atoms with E-state index in [9.17, 15) is 9.18 Å². The molecule has 6 heteroatoms. The van der Waals surface area contributed by atoms with Crippen molar-refractivity contribution in [3.8, 4) is 5.88 Å². The van der Waals surface area contributed by atoms with Gasteiger partial charge >= 0.3 is 0 Å². The second-order valence-electron chi connectivity index (χ2n) is 5.55. The Labute approximate surface area is 155 Å². The molecular formula is C20H16ClFN2O2. The molecule has 4 nitrogen and oxygen atoms in total. The Bertz CT molecular complexity index is 900. The zero-order valence-electron chi connectivity index (χ0n) is 13.8. The molecule has 0 atom stereocenters. The molecular weight excluding hydrogens is 355 g/mol. The molecule has 132 valence electrons. The van der Waals surface area contributed by atoms with Crippen molar-refractivity contribution in [1.82, 2.24) is 10.3 Å². The highest BCUT2D eigenvalue weighted by atomic mass is 35.5. The molecule has 0 aliphatic rings. The molecule has 0 spiro atoms. The number of rotatable bonds is 6. The predicted molar refractivity (Wildman–Crippen MR) is 97.6 cm³/mol. The fourth-order valence-electron chi connectivity index (χ4n) is 2.32. The van der Waals surface area contributed by atoms with E-state index in [0.29, 0.717) is 17.1 Å². The zero-order chi connectivity index (χ0) is 18.4. The minimum absolute atomic E-state index is 0.183. The second-order valence-corrected chi connectivity index (χ2v) is 5.95. The summed E-state index contributed by atoms with van der Waals surface area (Å²) in [6.07, 6.45) is 1.55. The minimum atomic E-state index is -0.314. The van der Waals surface area contributed by atoms with Gasteiger partial charge in [0.2, 0.25) is 5.88 Å². The number of benzene rings is 2. The number of aromatic nitrogens is 1. The largest absolute Gasteiger partial charge is 0.472 e. The normalized spacial score (nSPS) is 10.4. The van der Waals surface area contributed by atoms with Crippen molar-refractivity contribution in [3.63, 3.8) is 0 Å². The van der Waals surface area contributed by atoms with E-state index in [0.717, 1.165) is 11.1 Å². The van der Waals surface area contributed by atoms with Crippen LogP contribution in [0.5, 0.6) is 5.88 Å². The summed E-state index contributed by atoms with van der Waals surface area (Å²) in [6.45, 7) is 0.479. The molecule has 3 rings (SSSR count). The Morgan fingerprint density at radius 3 is 2.62 bits per heavy atom. The summed E-state index contributed by atoms with van der Waals surface area (Å²) in [7, 11) is 0.